The molecule has 10 heteroatoms. The molecule has 0 fully saturated rings. The maximum absolute atomic E-state index is 12.5. The highest BCUT2D eigenvalue weighted by Gasteiger charge is 2.28. The monoisotopic (exact) mass is 366 g/mol. The molecule has 0 amide bonds. The van der Waals surface area contributed by atoms with Crippen molar-refractivity contribution in [1.29, 1.82) is 0 Å². The number of alkyl halides is 3. The van der Waals surface area contributed by atoms with Crippen molar-refractivity contribution in [1.82, 2.24) is 24.3 Å². The van der Waals surface area contributed by atoms with Crippen molar-refractivity contribution in [3.63, 3.8) is 0 Å². The fourth-order valence-corrected chi connectivity index (χ4v) is 2.71. The van der Waals surface area contributed by atoms with Crippen LogP contribution in [0.1, 0.15) is 16.8 Å². The highest BCUT2D eigenvalue weighted by Crippen LogP contribution is 2.22. The number of fused-ring (bicyclic) bond motifs is 1. The minimum atomic E-state index is -4.38. The van der Waals surface area contributed by atoms with Gasteiger partial charge in [-0.1, -0.05) is 0 Å². The molecule has 0 saturated carbocycles. The van der Waals surface area contributed by atoms with Crippen LogP contribution in [0.4, 0.5) is 19.0 Å². The first-order valence-electron chi connectivity index (χ1n) is 7.80. The standard InChI is InChI=1S/C16H17F3N6O/c1-9-4-10(2)24(3)15(26)11(9)5-20-13-12-6-25(7-16(17,18)19)23-14(12)22-8-21-13/h4,6,8H,5,7H2,1-3H3,(H,20,21,22,23). The fourth-order valence-electron chi connectivity index (χ4n) is 2.71. The molecule has 0 aliphatic rings. The molecule has 0 unspecified atom stereocenters. The predicted molar refractivity (Wildman–Crippen MR) is 89.9 cm³/mol. The summed E-state index contributed by atoms with van der Waals surface area (Å²) >= 11 is 0. The number of pyridine rings is 1. The molecule has 138 valence electrons. The van der Waals surface area contributed by atoms with Gasteiger partial charge in [-0.15, -0.1) is 0 Å². The normalized spacial score (nSPS) is 11.9. The zero-order valence-electron chi connectivity index (χ0n) is 14.4. The van der Waals surface area contributed by atoms with Gasteiger partial charge in [-0.2, -0.15) is 18.3 Å². The Morgan fingerprint density at radius 2 is 1.96 bits per heavy atom. The molecule has 0 atom stereocenters. The number of nitrogens with one attached hydrogen (secondary N) is 1. The van der Waals surface area contributed by atoms with Gasteiger partial charge in [-0.3, -0.25) is 9.48 Å². The zero-order valence-corrected chi connectivity index (χ0v) is 14.4. The number of hydrogen-bond acceptors (Lipinski definition) is 5. The van der Waals surface area contributed by atoms with Crippen LogP contribution in [0, 0.1) is 13.8 Å². The maximum atomic E-state index is 12.5. The third-order valence-corrected chi connectivity index (χ3v) is 4.13. The summed E-state index contributed by atoms with van der Waals surface area (Å²) in [5.41, 5.74) is 2.26. The summed E-state index contributed by atoms with van der Waals surface area (Å²) in [6.07, 6.45) is -1.92. The second-order valence-corrected chi connectivity index (χ2v) is 6.07. The molecule has 0 spiro atoms. The minimum Gasteiger partial charge on any atom is -0.365 e. The molecule has 3 aromatic rings. The maximum Gasteiger partial charge on any atom is 0.408 e. The first kappa shape index (κ1) is 17.9. The number of anilines is 1. The average molecular weight is 366 g/mol. The lowest BCUT2D eigenvalue weighted by Gasteiger charge is -2.12. The number of nitrogens with zero attached hydrogens (tertiary/aromatic N) is 5. The first-order chi connectivity index (χ1) is 12.2. The molecular weight excluding hydrogens is 349 g/mol. The number of aromatic nitrogens is 5. The van der Waals surface area contributed by atoms with Crippen molar-refractivity contribution in [2.24, 2.45) is 7.05 Å². The molecular formula is C16H17F3N6O. The van der Waals surface area contributed by atoms with Crippen molar-refractivity contribution in [2.75, 3.05) is 5.32 Å². The molecule has 7 nitrogen and oxygen atoms in total. The van der Waals surface area contributed by atoms with Crippen LogP contribution in [0.15, 0.2) is 23.4 Å². The van der Waals surface area contributed by atoms with E-state index in [1.54, 1.807) is 11.6 Å². The fraction of sp³-hybridized carbons (Fsp3) is 0.375. The number of halogens is 3. The zero-order chi connectivity index (χ0) is 19.1. The largest absolute Gasteiger partial charge is 0.408 e. The topological polar surface area (TPSA) is 77.6 Å². The summed E-state index contributed by atoms with van der Waals surface area (Å²) in [4.78, 5) is 20.4. The van der Waals surface area contributed by atoms with E-state index in [1.807, 2.05) is 19.9 Å². The summed E-state index contributed by atoms with van der Waals surface area (Å²) in [6.45, 7) is 2.66. The molecule has 0 aromatic carbocycles. The Hall–Kier alpha value is -2.91. The van der Waals surface area contributed by atoms with Crippen LogP contribution in [0.5, 0.6) is 0 Å². The van der Waals surface area contributed by atoms with E-state index < -0.39 is 12.7 Å². The molecule has 0 aliphatic heterocycles. The lowest BCUT2D eigenvalue weighted by Crippen LogP contribution is -2.25. The van der Waals surface area contributed by atoms with Crippen LogP contribution in [0.3, 0.4) is 0 Å². The summed E-state index contributed by atoms with van der Waals surface area (Å²) in [5, 5.41) is 7.18. The van der Waals surface area contributed by atoms with Crippen molar-refractivity contribution in [3.8, 4) is 0 Å². The summed E-state index contributed by atoms with van der Waals surface area (Å²) in [5.74, 6) is 0.324. The molecule has 26 heavy (non-hydrogen) atoms. The molecule has 1 N–H and O–H groups in total. The Balaban J connectivity index is 1.91. The highest BCUT2D eigenvalue weighted by atomic mass is 19.4. The van der Waals surface area contributed by atoms with E-state index in [-0.39, 0.29) is 17.8 Å². The Morgan fingerprint density at radius 3 is 2.65 bits per heavy atom. The van der Waals surface area contributed by atoms with Crippen LogP contribution in [-0.4, -0.2) is 30.5 Å². The number of hydrogen-bond donors (Lipinski definition) is 1. The van der Waals surface area contributed by atoms with Crippen molar-refractivity contribution < 1.29 is 13.2 Å². The average Bonchev–Trinajstić information content (AvgIpc) is 2.93. The van der Waals surface area contributed by atoms with Gasteiger partial charge in [0, 0.05) is 31.0 Å². The Kier molecular flexibility index (Phi) is 4.43. The van der Waals surface area contributed by atoms with Crippen LogP contribution in [0.2, 0.25) is 0 Å². The lowest BCUT2D eigenvalue weighted by molar-refractivity contribution is -0.142. The Morgan fingerprint density at radius 1 is 1.23 bits per heavy atom. The van der Waals surface area contributed by atoms with E-state index in [0.29, 0.717) is 16.8 Å². The summed E-state index contributed by atoms with van der Waals surface area (Å²) in [7, 11) is 1.69. The Labute approximate surface area is 146 Å². The SMILES string of the molecule is Cc1cc(C)n(C)c(=O)c1CNc1ncnc2nn(CC(F)(F)F)cc12. The molecule has 3 heterocycles. The van der Waals surface area contributed by atoms with Gasteiger partial charge in [0.05, 0.1) is 5.39 Å². The predicted octanol–water partition coefficient (Wildman–Crippen LogP) is 2.32. The van der Waals surface area contributed by atoms with Crippen LogP contribution < -0.4 is 10.9 Å². The van der Waals surface area contributed by atoms with Crippen LogP contribution in [-0.2, 0) is 20.1 Å². The van der Waals surface area contributed by atoms with Crippen molar-refractivity contribution in [3.05, 3.63) is 45.8 Å². The second-order valence-electron chi connectivity index (χ2n) is 6.07. The van der Waals surface area contributed by atoms with Gasteiger partial charge >= 0.3 is 6.18 Å². The van der Waals surface area contributed by atoms with Gasteiger partial charge in [-0.05, 0) is 25.5 Å². The first-order valence-corrected chi connectivity index (χ1v) is 7.80. The van der Waals surface area contributed by atoms with E-state index in [0.717, 1.165) is 15.9 Å². The highest BCUT2D eigenvalue weighted by molar-refractivity contribution is 5.85. The minimum absolute atomic E-state index is 0.131. The molecule has 0 radical (unpaired) electrons. The van der Waals surface area contributed by atoms with Crippen molar-refractivity contribution in [2.45, 2.75) is 33.1 Å². The van der Waals surface area contributed by atoms with Crippen LogP contribution >= 0.6 is 0 Å². The molecule has 3 aromatic heterocycles. The lowest BCUT2D eigenvalue weighted by atomic mass is 10.1. The Bertz CT molecular complexity index is 1020. The van der Waals surface area contributed by atoms with Gasteiger partial charge in [-0.25, -0.2) is 9.97 Å². The molecule has 0 saturated heterocycles. The van der Waals surface area contributed by atoms with Crippen LogP contribution in [0.25, 0.3) is 11.0 Å². The van der Waals surface area contributed by atoms with E-state index >= 15 is 0 Å². The summed E-state index contributed by atoms with van der Waals surface area (Å²) in [6, 6.07) is 1.90. The van der Waals surface area contributed by atoms with Gasteiger partial charge < -0.3 is 9.88 Å². The van der Waals surface area contributed by atoms with E-state index in [2.05, 4.69) is 20.4 Å². The third kappa shape index (κ3) is 3.53. The summed E-state index contributed by atoms with van der Waals surface area (Å²) < 4.78 is 40.0. The molecule has 3 rings (SSSR count). The quantitative estimate of drug-likeness (QED) is 0.767. The van der Waals surface area contributed by atoms with Gasteiger partial charge in [0.2, 0.25) is 0 Å². The van der Waals surface area contributed by atoms with Gasteiger partial charge in [0.15, 0.2) is 5.65 Å². The smallest absolute Gasteiger partial charge is 0.365 e. The molecule has 0 aliphatic carbocycles. The number of rotatable bonds is 4. The van der Waals surface area contributed by atoms with E-state index in [9.17, 15) is 18.0 Å². The van der Waals surface area contributed by atoms with Gasteiger partial charge in [0.25, 0.3) is 5.56 Å². The molecule has 0 bridgehead atoms. The van der Waals surface area contributed by atoms with Crippen molar-refractivity contribution >= 4 is 16.9 Å². The third-order valence-electron chi connectivity index (χ3n) is 4.13. The van der Waals surface area contributed by atoms with Gasteiger partial charge in [0.1, 0.15) is 18.7 Å². The second kappa shape index (κ2) is 6.43. The van der Waals surface area contributed by atoms with E-state index in [4.69, 9.17) is 0 Å². The number of aryl methyl sites for hydroxylation is 2. The van der Waals surface area contributed by atoms with E-state index in [1.165, 1.54) is 12.5 Å².